The van der Waals surface area contributed by atoms with E-state index in [1.54, 1.807) is 23.1 Å². The number of fused-ring (bicyclic) bond motifs is 1. The van der Waals surface area contributed by atoms with Gasteiger partial charge in [-0.25, -0.2) is 31.9 Å². The third-order valence-electron chi connectivity index (χ3n) is 7.05. The summed E-state index contributed by atoms with van der Waals surface area (Å²) in [5, 5.41) is 6.43. The molecule has 206 valence electrons. The van der Waals surface area contributed by atoms with Crippen molar-refractivity contribution in [3.8, 4) is 11.3 Å². The zero-order valence-electron chi connectivity index (χ0n) is 20.4. The van der Waals surface area contributed by atoms with Gasteiger partial charge in [-0.3, -0.25) is 14.5 Å². The molecule has 2 unspecified atom stereocenters. The van der Waals surface area contributed by atoms with E-state index >= 15 is 0 Å². The molecule has 6 rings (SSSR count). The van der Waals surface area contributed by atoms with Crippen LogP contribution in [0.2, 0.25) is 5.02 Å². The molecule has 8 nitrogen and oxygen atoms in total. The maximum absolute atomic E-state index is 14.6. The van der Waals surface area contributed by atoms with Crippen molar-refractivity contribution >= 4 is 29.0 Å². The molecule has 1 aliphatic heterocycles. The highest BCUT2D eigenvalue weighted by atomic mass is 35.5. The molecule has 4 aromatic rings. The lowest BCUT2D eigenvalue weighted by atomic mass is 10.0. The van der Waals surface area contributed by atoms with Crippen LogP contribution in [-0.4, -0.2) is 49.7 Å². The zero-order chi connectivity index (χ0) is 28.2. The van der Waals surface area contributed by atoms with Crippen molar-refractivity contribution in [1.29, 1.82) is 0 Å². The summed E-state index contributed by atoms with van der Waals surface area (Å²) < 4.78 is 70.0. The van der Waals surface area contributed by atoms with Crippen molar-refractivity contribution in [2.75, 3.05) is 23.3 Å². The molecule has 1 saturated carbocycles. The average molecular weight is 576 g/mol. The topological polar surface area (TPSA) is 88.8 Å². The normalized spacial score (nSPS) is 19.1. The van der Waals surface area contributed by atoms with Crippen LogP contribution in [0.25, 0.3) is 11.3 Å². The number of rotatable bonds is 7. The van der Waals surface area contributed by atoms with Crippen LogP contribution in [0.1, 0.15) is 28.0 Å². The number of halogens is 6. The van der Waals surface area contributed by atoms with E-state index in [9.17, 15) is 26.7 Å². The van der Waals surface area contributed by atoms with E-state index in [0.717, 1.165) is 30.1 Å². The monoisotopic (exact) mass is 575 g/mol. The smallest absolute Gasteiger partial charge is 0.275 e. The summed E-state index contributed by atoms with van der Waals surface area (Å²) in [7, 11) is 0. The SMILES string of the molecule is O=C(Nc1cnn(Cc2ccc(N3CC4C(C3)C4(F)F)nc2)c1)c1cncc(-c2c(C(F)F)ccc(Cl)c2F)n1. The summed E-state index contributed by atoms with van der Waals surface area (Å²) in [6.45, 7) is 0.911. The lowest BCUT2D eigenvalue weighted by Gasteiger charge is -2.20. The number of piperidine rings is 1. The molecule has 1 aromatic carbocycles. The lowest BCUT2D eigenvalue weighted by molar-refractivity contribution is 0.0796. The van der Waals surface area contributed by atoms with Gasteiger partial charge in [0.1, 0.15) is 11.5 Å². The molecule has 4 heterocycles. The number of anilines is 2. The van der Waals surface area contributed by atoms with Gasteiger partial charge in [0.2, 0.25) is 0 Å². The Morgan fingerprint density at radius 3 is 2.58 bits per heavy atom. The third-order valence-corrected chi connectivity index (χ3v) is 7.35. The molecule has 0 bridgehead atoms. The van der Waals surface area contributed by atoms with Crippen molar-refractivity contribution in [2.45, 2.75) is 18.9 Å². The second-order valence-electron chi connectivity index (χ2n) is 9.61. The van der Waals surface area contributed by atoms with Crippen LogP contribution in [0.3, 0.4) is 0 Å². The van der Waals surface area contributed by atoms with Crippen molar-refractivity contribution in [2.24, 2.45) is 11.8 Å². The number of hydrogen-bond donors (Lipinski definition) is 1. The number of aromatic nitrogens is 5. The number of nitrogens with one attached hydrogen (secondary N) is 1. The number of nitrogens with zero attached hydrogens (tertiary/aromatic N) is 6. The van der Waals surface area contributed by atoms with Crippen LogP contribution in [0.4, 0.5) is 33.5 Å². The summed E-state index contributed by atoms with van der Waals surface area (Å²) in [6, 6.07) is 5.62. The van der Waals surface area contributed by atoms with Gasteiger partial charge >= 0.3 is 0 Å². The van der Waals surface area contributed by atoms with E-state index in [1.165, 1.54) is 6.20 Å². The number of benzene rings is 1. The minimum atomic E-state index is -3.00. The number of carbonyl (C=O) groups is 1. The van der Waals surface area contributed by atoms with Gasteiger partial charge in [-0.05, 0) is 17.7 Å². The fourth-order valence-electron chi connectivity index (χ4n) is 4.89. The van der Waals surface area contributed by atoms with Gasteiger partial charge in [-0.15, -0.1) is 0 Å². The quantitative estimate of drug-likeness (QED) is 0.294. The Bertz CT molecular complexity index is 1580. The maximum Gasteiger partial charge on any atom is 0.275 e. The number of amides is 1. The molecule has 1 aliphatic carbocycles. The second kappa shape index (κ2) is 9.81. The first-order chi connectivity index (χ1) is 19.1. The largest absolute Gasteiger partial charge is 0.356 e. The predicted octanol–water partition coefficient (Wildman–Crippen LogP) is 5.47. The molecule has 14 heteroatoms. The Morgan fingerprint density at radius 1 is 1.10 bits per heavy atom. The number of hydrogen-bond acceptors (Lipinski definition) is 6. The molecular weight excluding hydrogens is 557 g/mol. The van der Waals surface area contributed by atoms with Crippen LogP contribution >= 0.6 is 11.6 Å². The standard InChI is InChI=1S/C26H19ClF5N7O/c27-18-3-2-15(24(29)30)22(23(18)28)19-7-33-8-20(37-19)25(40)36-14-6-35-39(10-14)9-13-1-4-21(34-5-13)38-11-16-17(12-38)26(16,31)32/h1-8,10,16-17,24H,9,11-12H2,(H,36,40). The van der Waals surface area contributed by atoms with Gasteiger partial charge in [0.15, 0.2) is 5.82 Å². The zero-order valence-corrected chi connectivity index (χ0v) is 21.2. The first-order valence-electron chi connectivity index (χ1n) is 12.1. The molecule has 3 aromatic heterocycles. The van der Waals surface area contributed by atoms with Crippen molar-refractivity contribution in [1.82, 2.24) is 24.7 Å². The Morgan fingerprint density at radius 2 is 1.88 bits per heavy atom. The summed E-state index contributed by atoms with van der Waals surface area (Å²) in [5.41, 5.74) is -0.540. The molecule has 1 amide bonds. The van der Waals surface area contributed by atoms with Gasteiger partial charge in [0.05, 0.1) is 53.4 Å². The van der Waals surface area contributed by atoms with Crippen molar-refractivity contribution in [3.05, 3.63) is 82.9 Å². The fraction of sp³-hybridized carbons (Fsp3) is 0.269. The Kier molecular flexibility index (Phi) is 6.40. The van der Waals surface area contributed by atoms with Gasteiger partial charge in [-0.1, -0.05) is 23.7 Å². The summed E-state index contributed by atoms with van der Waals surface area (Å²) in [6.07, 6.45) is 3.78. The molecule has 2 aliphatic rings. The highest BCUT2D eigenvalue weighted by molar-refractivity contribution is 6.31. The fourth-order valence-corrected chi connectivity index (χ4v) is 5.05. The third kappa shape index (κ3) is 4.74. The van der Waals surface area contributed by atoms with E-state index in [4.69, 9.17) is 11.6 Å². The van der Waals surface area contributed by atoms with Crippen LogP contribution < -0.4 is 10.2 Å². The van der Waals surface area contributed by atoms with Crippen molar-refractivity contribution < 1.29 is 26.7 Å². The summed E-state index contributed by atoms with van der Waals surface area (Å²) in [4.78, 5) is 26.9. The Balaban J connectivity index is 1.11. The highest BCUT2D eigenvalue weighted by Gasteiger charge is 2.71. The van der Waals surface area contributed by atoms with Crippen LogP contribution in [0.15, 0.2) is 55.2 Å². The number of carbonyl (C=O) groups excluding carboxylic acids is 1. The van der Waals surface area contributed by atoms with Gasteiger partial charge < -0.3 is 10.2 Å². The van der Waals surface area contributed by atoms with Crippen LogP contribution in [0, 0.1) is 17.7 Å². The minimum absolute atomic E-state index is 0.234. The Labute approximate surface area is 228 Å². The first kappa shape index (κ1) is 26.1. The second-order valence-corrected chi connectivity index (χ2v) is 10.0. The lowest BCUT2D eigenvalue weighted by Crippen LogP contribution is -2.28. The highest BCUT2D eigenvalue weighted by Crippen LogP contribution is 2.59. The minimum Gasteiger partial charge on any atom is -0.356 e. The van der Waals surface area contributed by atoms with E-state index < -0.39 is 47.0 Å². The van der Waals surface area contributed by atoms with Crippen molar-refractivity contribution in [3.63, 3.8) is 0 Å². The molecule has 1 N–H and O–H groups in total. The average Bonchev–Trinajstić information content (AvgIpc) is 3.34. The van der Waals surface area contributed by atoms with E-state index in [1.807, 2.05) is 11.0 Å². The molecular formula is C26H19ClF5N7O. The van der Waals surface area contributed by atoms with E-state index in [0.29, 0.717) is 31.1 Å². The maximum atomic E-state index is 14.6. The van der Waals surface area contributed by atoms with E-state index in [2.05, 4.69) is 25.4 Å². The number of alkyl halides is 4. The van der Waals surface area contributed by atoms with Gasteiger partial charge in [0.25, 0.3) is 18.3 Å². The molecule has 40 heavy (non-hydrogen) atoms. The van der Waals surface area contributed by atoms with Gasteiger partial charge in [-0.2, -0.15) is 5.10 Å². The Hall–Kier alpha value is -4.13. The van der Waals surface area contributed by atoms with Gasteiger partial charge in [0, 0.05) is 36.6 Å². The first-order valence-corrected chi connectivity index (χ1v) is 12.5. The summed E-state index contributed by atoms with van der Waals surface area (Å²) in [5.74, 6) is -4.89. The molecule has 2 atom stereocenters. The molecule has 0 spiro atoms. The number of pyridine rings is 1. The predicted molar refractivity (Wildman–Crippen MR) is 135 cm³/mol. The van der Waals surface area contributed by atoms with E-state index in [-0.39, 0.29) is 16.4 Å². The molecule has 1 saturated heterocycles. The van der Waals surface area contributed by atoms with Crippen LogP contribution in [-0.2, 0) is 6.54 Å². The molecule has 0 radical (unpaired) electrons. The van der Waals surface area contributed by atoms with Crippen LogP contribution in [0.5, 0.6) is 0 Å². The molecule has 2 fully saturated rings. The summed E-state index contributed by atoms with van der Waals surface area (Å²) >= 11 is 5.78.